The van der Waals surface area contributed by atoms with Crippen LogP contribution in [0, 0.1) is 0 Å². The summed E-state index contributed by atoms with van der Waals surface area (Å²) < 4.78 is 41.7. The first-order chi connectivity index (χ1) is 16.3. The molecule has 0 bridgehead atoms. The average Bonchev–Trinajstić information content (AvgIpc) is 3.39. The second-order valence-electron chi connectivity index (χ2n) is 8.27. The second kappa shape index (κ2) is 8.45. The molecule has 10 heteroatoms. The molecular weight excluding hydrogens is 445 g/mol. The van der Waals surface area contributed by atoms with E-state index in [4.69, 9.17) is 5.73 Å². The highest BCUT2D eigenvalue weighted by molar-refractivity contribution is 5.85. The number of benzene rings is 2. The van der Waals surface area contributed by atoms with Gasteiger partial charge in [-0.3, -0.25) is 4.99 Å². The van der Waals surface area contributed by atoms with E-state index in [1.165, 1.54) is 12.1 Å². The maximum absolute atomic E-state index is 12.6. The first kappa shape index (κ1) is 21.9. The van der Waals surface area contributed by atoms with Gasteiger partial charge in [-0.25, -0.2) is 0 Å². The van der Waals surface area contributed by atoms with Crippen LogP contribution in [0.3, 0.4) is 0 Å². The van der Waals surface area contributed by atoms with Crippen LogP contribution >= 0.6 is 0 Å². The molecule has 4 aromatic rings. The number of nitrogens with zero attached hydrogens (tertiary/aromatic N) is 1. The first-order valence-electron chi connectivity index (χ1n) is 10.7. The SMILES string of the molecule is NC1(Cc2ccc3[nH]ccc3c2)C=CNC(=NCCc2c[nH]c3ccc(OC(F)(F)F)cc23)N1. The van der Waals surface area contributed by atoms with Gasteiger partial charge in [0, 0.05) is 48.0 Å². The molecule has 1 atom stereocenters. The summed E-state index contributed by atoms with van der Waals surface area (Å²) >= 11 is 0. The number of nitrogens with one attached hydrogen (secondary N) is 4. The summed E-state index contributed by atoms with van der Waals surface area (Å²) in [4.78, 5) is 10.8. The molecule has 0 fully saturated rings. The third-order valence-corrected chi connectivity index (χ3v) is 5.69. The quantitative estimate of drug-likeness (QED) is 0.295. The Kier molecular flexibility index (Phi) is 5.45. The smallest absolute Gasteiger partial charge is 0.406 e. The number of halogens is 3. The Bertz CT molecular complexity index is 1390. The molecule has 1 aliphatic heterocycles. The van der Waals surface area contributed by atoms with Crippen molar-refractivity contribution in [1.82, 2.24) is 20.6 Å². The summed E-state index contributed by atoms with van der Waals surface area (Å²) in [6, 6.07) is 12.4. The van der Waals surface area contributed by atoms with Crippen LogP contribution in [-0.4, -0.2) is 34.5 Å². The molecule has 0 radical (unpaired) electrons. The molecule has 0 saturated carbocycles. The number of ether oxygens (including phenoxy) is 1. The number of aliphatic imine (C=N–C) groups is 1. The van der Waals surface area contributed by atoms with Crippen molar-refractivity contribution >= 4 is 27.8 Å². The van der Waals surface area contributed by atoms with E-state index in [1.807, 2.05) is 30.5 Å². The van der Waals surface area contributed by atoms with Gasteiger partial charge in [0.05, 0.1) is 0 Å². The van der Waals surface area contributed by atoms with Crippen LogP contribution in [0.1, 0.15) is 11.1 Å². The van der Waals surface area contributed by atoms with Gasteiger partial charge < -0.3 is 31.1 Å². The van der Waals surface area contributed by atoms with Gasteiger partial charge in [-0.15, -0.1) is 13.2 Å². The van der Waals surface area contributed by atoms with Crippen molar-refractivity contribution in [3.63, 3.8) is 0 Å². The Morgan fingerprint density at radius 2 is 1.88 bits per heavy atom. The number of alkyl halides is 3. The number of hydrogen-bond donors (Lipinski definition) is 5. The number of aromatic amines is 2. The molecular formula is C24H23F3N6O. The lowest BCUT2D eigenvalue weighted by molar-refractivity contribution is -0.274. The minimum absolute atomic E-state index is 0.251. The molecule has 0 aliphatic carbocycles. The van der Waals surface area contributed by atoms with Crippen molar-refractivity contribution in [2.24, 2.45) is 10.7 Å². The highest BCUT2D eigenvalue weighted by atomic mass is 19.4. The monoisotopic (exact) mass is 468 g/mol. The van der Waals surface area contributed by atoms with E-state index in [1.54, 1.807) is 18.5 Å². The normalized spacial score (nSPS) is 19.5. The predicted octanol–water partition coefficient (Wildman–Crippen LogP) is 4.05. The zero-order valence-corrected chi connectivity index (χ0v) is 18.0. The van der Waals surface area contributed by atoms with Crippen molar-refractivity contribution in [1.29, 1.82) is 0 Å². The van der Waals surface area contributed by atoms with Crippen molar-refractivity contribution in [2.45, 2.75) is 24.9 Å². The summed E-state index contributed by atoms with van der Waals surface area (Å²) in [5.74, 6) is 0.285. The highest BCUT2D eigenvalue weighted by Crippen LogP contribution is 2.28. The van der Waals surface area contributed by atoms with Crippen molar-refractivity contribution in [3.05, 3.63) is 78.3 Å². The van der Waals surface area contributed by atoms with Gasteiger partial charge in [0.2, 0.25) is 0 Å². The molecule has 7 nitrogen and oxygen atoms in total. The third kappa shape index (κ3) is 4.86. The fourth-order valence-corrected chi connectivity index (χ4v) is 4.16. The molecule has 34 heavy (non-hydrogen) atoms. The third-order valence-electron chi connectivity index (χ3n) is 5.69. The zero-order valence-electron chi connectivity index (χ0n) is 18.0. The Morgan fingerprint density at radius 3 is 2.74 bits per heavy atom. The average molecular weight is 468 g/mol. The lowest BCUT2D eigenvalue weighted by Gasteiger charge is -2.32. The maximum Gasteiger partial charge on any atom is 0.573 e. The van der Waals surface area contributed by atoms with E-state index in [2.05, 4.69) is 36.4 Å². The number of aromatic nitrogens is 2. The topological polar surface area (TPSA) is 103 Å². The minimum Gasteiger partial charge on any atom is -0.406 e. The number of hydrogen-bond acceptors (Lipinski definition) is 3. The van der Waals surface area contributed by atoms with Gasteiger partial charge in [-0.1, -0.05) is 6.07 Å². The van der Waals surface area contributed by atoms with Crippen LogP contribution in [0.2, 0.25) is 0 Å². The fourth-order valence-electron chi connectivity index (χ4n) is 4.16. The lowest BCUT2D eigenvalue weighted by atomic mass is 9.98. The molecule has 1 aliphatic rings. The summed E-state index contributed by atoms with van der Waals surface area (Å²) in [6.45, 7) is 0.409. The molecule has 3 heterocycles. The summed E-state index contributed by atoms with van der Waals surface area (Å²) in [7, 11) is 0. The summed E-state index contributed by atoms with van der Waals surface area (Å²) in [5, 5.41) is 8.09. The van der Waals surface area contributed by atoms with Crippen LogP contribution in [0.15, 0.2) is 72.1 Å². The van der Waals surface area contributed by atoms with Crippen molar-refractivity contribution < 1.29 is 17.9 Å². The number of rotatable bonds is 6. The van der Waals surface area contributed by atoms with Crippen LogP contribution < -0.4 is 21.1 Å². The van der Waals surface area contributed by atoms with E-state index < -0.39 is 12.0 Å². The Morgan fingerprint density at radius 1 is 1.03 bits per heavy atom. The summed E-state index contributed by atoms with van der Waals surface area (Å²) in [5.41, 5.74) is 9.50. The van der Waals surface area contributed by atoms with E-state index in [9.17, 15) is 13.2 Å². The standard InChI is InChI=1S/C24H23F3N6O/c25-24(26,27)34-18-2-4-21-19(12-18)17(14-32-21)6-9-30-22-31-10-7-23(28,33-22)13-15-1-3-20-16(11-15)5-8-29-20/h1-5,7-8,10-12,14,29,32H,6,9,13,28H2,(H2,30,31,33). The molecule has 176 valence electrons. The fraction of sp³-hybridized carbons (Fsp3) is 0.208. The summed E-state index contributed by atoms with van der Waals surface area (Å²) in [6.07, 6.45) is 3.64. The van der Waals surface area contributed by atoms with Crippen LogP contribution in [0.4, 0.5) is 13.2 Å². The van der Waals surface area contributed by atoms with E-state index in [-0.39, 0.29) is 5.75 Å². The largest absolute Gasteiger partial charge is 0.573 e. The van der Waals surface area contributed by atoms with Gasteiger partial charge in [0.25, 0.3) is 0 Å². The molecule has 0 amide bonds. The van der Waals surface area contributed by atoms with E-state index in [0.29, 0.717) is 30.7 Å². The Hall–Kier alpha value is -3.92. The number of nitrogens with two attached hydrogens (primary N) is 1. The van der Waals surface area contributed by atoms with Gasteiger partial charge in [0.15, 0.2) is 5.96 Å². The molecule has 2 aromatic heterocycles. The minimum atomic E-state index is -4.73. The van der Waals surface area contributed by atoms with Crippen LogP contribution in [0.5, 0.6) is 5.75 Å². The van der Waals surface area contributed by atoms with E-state index >= 15 is 0 Å². The molecule has 5 rings (SSSR count). The predicted molar refractivity (Wildman–Crippen MR) is 125 cm³/mol. The zero-order chi connectivity index (χ0) is 23.8. The Labute approximate surface area is 192 Å². The first-order valence-corrected chi connectivity index (χ1v) is 10.7. The van der Waals surface area contributed by atoms with E-state index in [0.717, 1.165) is 27.5 Å². The molecule has 0 saturated heterocycles. The molecule has 6 N–H and O–H groups in total. The lowest BCUT2D eigenvalue weighted by Crippen LogP contribution is -2.61. The van der Waals surface area contributed by atoms with Crippen molar-refractivity contribution in [3.8, 4) is 5.75 Å². The highest BCUT2D eigenvalue weighted by Gasteiger charge is 2.31. The van der Waals surface area contributed by atoms with Gasteiger partial charge in [0.1, 0.15) is 11.4 Å². The van der Waals surface area contributed by atoms with Crippen LogP contribution in [0.25, 0.3) is 21.8 Å². The Balaban J connectivity index is 1.25. The number of guanidine groups is 1. The molecule has 2 aromatic carbocycles. The maximum atomic E-state index is 12.6. The van der Waals surface area contributed by atoms with Gasteiger partial charge in [-0.2, -0.15) is 0 Å². The number of fused-ring (bicyclic) bond motifs is 2. The molecule has 1 unspecified atom stereocenters. The van der Waals surface area contributed by atoms with Crippen LogP contribution in [-0.2, 0) is 12.8 Å². The van der Waals surface area contributed by atoms with Gasteiger partial charge in [-0.05, 0) is 65.4 Å². The van der Waals surface area contributed by atoms with Crippen molar-refractivity contribution in [2.75, 3.05) is 6.54 Å². The second-order valence-corrected chi connectivity index (χ2v) is 8.27. The molecule has 0 spiro atoms. The number of H-pyrrole nitrogens is 2. The van der Waals surface area contributed by atoms with Gasteiger partial charge >= 0.3 is 6.36 Å².